The number of amides is 4. The van der Waals surface area contributed by atoms with E-state index in [-0.39, 0.29) is 97.1 Å². The van der Waals surface area contributed by atoms with Crippen LogP contribution in [-0.4, -0.2) is 87.1 Å². The van der Waals surface area contributed by atoms with Crippen molar-refractivity contribution in [2.24, 2.45) is 5.73 Å². The number of alkyl halides is 1. The first-order chi connectivity index (χ1) is 29.9. The first-order valence-corrected chi connectivity index (χ1v) is 17.3. The smallest absolute Gasteiger partial charge is 0.587 e. The van der Waals surface area contributed by atoms with Gasteiger partial charge in [0.05, 0.1) is 56.5 Å². The Balaban J connectivity index is -0.000000371. The van der Waals surface area contributed by atoms with Crippen molar-refractivity contribution in [3.63, 3.8) is 0 Å². The largest absolute Gasteiger partial charge is 1.00 e. The summed E-state index contributed by atoms with van der Waals surface area (Å²) in [4.78, 5) is 45.3. The second-order valence-electron chi connectivity index (χ2n) is 9.36. The summed E-state index contributed by atoms with van der Waals surface area (Å²) in [5.74, 6) is -2.36. The number of carbonyl (C=O) groups is 4. The van der Waals surface area contributed by atoms with Crippen LogP contribution in [0, 0.1) is 13.8 Å². The van der Waals surface area contributed by atoms with E-state index in [0.29, 0.717) is 16.0 Å². The van der Waals surface area contributed by atoms with Crippen LogP contribution in [0.4, 0.5) is 4.39 Å². The van der Waals surface area contributed by atoms with Gasteiger partial charge in [-0.15, -0.1) is 24.8 Å². The molecule has 55 heavy (non-hydrogen) atoms. The molecule has 0 radical (unpaired) electrons. The summed E-state index contributed by atoms with van der Waals surface area (Å²) in [6, 6.07) is 24.8. The molecule has 0 atom stereocenters. The number of aryl methyl sites for hydroxylation is 2. The van der Waals surface area contributed by atoms with Gasteiger partial charge >= 0.3 is 51.4 Å². The zero-order valence-corrected chi connectivity index (χ0v) is 36.0. The molecule has 298 valence electrons. The van der Waals surface area contributed by atoms with Crippen LogP contribution in [-0.2, 0) is 23.4 Å². The van der Waals surface area contributed by atoms with E-state index < -0.39 is 78.0 Å². The molecule has 0 aromatic heterocycles. The number of hydrogen-bond acceptors (Lipinski definition) is 11. The molecule has 4 aromatic carbocycles. The van der Waals surface area contributed by atoms with Crippen molar-refractivity contribution >= 4 is 78.3 Å². The van der Waals surface area contributed by atoms with Gasteiger partial charge in [0.1, 0.15) is 0 Å². The molecule has 2 heterocycles. The van der Waals surface area contributed by atoms with Crippen LogP contribution in [0.5, 0.6) is 0 Å². The number of hydrogen-bond donors (Lipinski definition) is 2. The fraction of sp³-hybridized carbons (Fsp3) is 0.200. The second-order valence-corrected chi connectivity index (χ2v) is 13.5. The van der Waals surface area contributed by atoms with Crippen molar-refractivity contribution in [1.82, 2.24) is 4.90 Å². The van der Waals surface area contributed by atoms with Gasteiger partial charge < -0.3 is 25.7 Å². The molecule has 2 aliphatic heterocycles. The summed E-state index contributed by atoms with van der Waals surface area (Å²) in [6.07, 6.45) is 0. The average Bonchev–Trinajstić information content (AvgIpc) is 3.61. The van der Waals surface area contributed by atoms with Crippen molar-refractivity contribution in [1.29, 1.82) is 1.43 Å². The molecule has 2 aliphatic rings. The minimum atomic E-state index is -4.20. The van der Waals surface area contributed by atoms with Gasteiger partial charge in [-0.25, -0.2) is 8.42 Å². The van der Waals surface area contributed by atoms with E-state index in [2.05, 4.69) is 20.3 Å². The van der Waals surface area contributed by atoms with E-state index in [1.54, 1.807) is 67.6 Å². The van der Waals surface area contributed by atoms with Gasteiger partial charge in [-0.3, -0.25) is 23.1 Å². The maximum absolute atomic E-state index is 11.6. The van der Waals surface area contributed by atoms with Crippen LogP contribution in [0.25, 0.3) is 5.32 Å². The Morgan fingerprint density at radius 1 is 0.745 bits per heavy atom. The topological polar surface area (TPSA) is 209 Å². The van der Waals surface area contributed by atoms with Crippen LogP contribution in [0.15, 0.2) is 107 Å². The van der Waals surface area contributed by atoms with E-state index in [9.17, 15) is 40.4 Å². The first kappa shape index (κ1) is 35.5. The summed E-state index contributed by atoms with van der Waals surface area (Å²) in [6.45, 7) is -1.29. The third-order valence-electron chi connectivity index (χ3n) is 6.11. The number of nitrogens with zero attached hydrogens (tertiary/aromatic N) is 2. The summed E-state index contributed by atoms with van der Waals surface area (Å²) in [7, 11) is -9.16. The molecule has 0 bridgehead atoms. The normalized spacial score (nSPS) is 16.0. The van der Waals surface area contributed by atoms with E-state index in [0.717, 1.165) is 11.1 Å². The third kappa shape index (κ3) is 18.5. The number of nitrogens with two attached hydrogens (primary N) is 1. The van der Waals surface area contributed by atoms with Crippen molar-refractivity contribution < 1.29 is 119 Å². The maximum atomic E-state index is 11.6. The number of rotatable bonds is 3. The minimum absolute atomic E-state index is 0. The number of benzene rings is 4. The van der Waals surface area contributed by atoms with Gasteiger partial charge in [-0.05, 0) is 57.2 Å². The summed E-state index contributed by atoms with van der Waals surface area (Å²) >= 11 is 0. The number of fused-ring (bicyclic) bond motifs is 2. The van der Waals surface area contributed by atoms with Gasteiger partial charge in [0.25, 0.3) is 31.0 Å². The Hall–Kier alpha value is -2.62. The zero-order chi connectivity index (χ0) is 51.6. The SMILES string of the molecule is Cc1ccc(S(=O)(=O)Cl)cc1.Cl.Cl.O=C1[N-]C(=O)c2ccccc21.[2H]C([2H])([2H])N.[2H]C([2H])([2H])N1C(=O)c2ccccc2C1=O.[2H]C([2H])([2H])OS(=O)(=O)c1ccc(C)cc1.[2H]CF.[2H]OC([2H])([2H])[2H].[K+]. The number of carbonyl (C=O) groups excluding carboxylic acids is 4. The maximum Gasteiger partial charge on any atom is 1.00 e. The Kier molecular flexibility index (Phi) is 19.1. The number of aliphatic hydroxyl groups is 1. The molecule has 4 aromatic rings. The van der Waals surface area contributed by atoms with Crippen LogP contribution < -0.4 is 57.1 Å². The van der Waals surface area contributed by atoms with E-state index in [4.69, 9.17) is 29.9 Å². The third-order valence-corrected chi connectivity index (χ3v) is 8.55. The quantitative estimate of drug-likeness (QED) is 0.132. The Morgan fingerprint density at radius 2 is 1.09 bits per heavy atom. The van der Waals surface area contributed by atoms with Crippen LogP contribution in [0.2, 0.25) is 0 Å². The van der Waals surface area contributed by atoms with Gasteiger partial charge in [0, 0.05) is 44.0 Å². The molecule has 0 unspecified atom stereocenters. The average molecular weight is 907 g/mol. The first-order valence-electron chi connectivity index (χ1n) is 20.7. The summed E-state index contributed by atoms with van der Waals surface area (Å²) in [5.41, 5.74) is 7.37. The zero-order valence-electron chi connectivity index (χ0n) is 42.9. The predicted octanol–water partition coefficient (Wildman–Crippen LogP) is 3.14. The monoisotopic (exact) mass is 905 g/mol. The van der Waals surface area contributed by atoms with Gasteiger partial charge in [-0.2, -0.15) is 8.42 Å². The van der Waals surface area contributed by atoms with Crippen LogP contribution in [0.1, 0.15) is 70.4 Å². The molecular weight excluding hydrogens is 851 g/mol. The minimum Gasteiger partial charge on any atom is -0.587 e. The van der Waals surface area contributed by atoms with Crippen LogP contribution in [0.3, 0.4) is 0 Å². The van der Waals surface area contributed by atoms with E-state index in [1.165, 1.54) is 36.4 Å². The molecule has 6 rings (SSSR count). The molecule has 0 saturated heterocycles. The van der Waals surface area contributed by atoms with Crippen molar-refractivity contribution in [2.75, 3.05) is 35.2 Å². The Morgan fingerprint density at radius 3 is 1.40 bits per heavy atom. The fourth-order valence-electron chi connectivity index (χ4n) is 3.71. The molecular formula is C35H42Cl3FKN3O10S2. The van der Waals surface area contributed by atoms with Crippen molar-refractivity contribution in [2.45, 2.75) is 23.6 Å². The van der Waals surface area contributed by atoms with E-state index in [1.807, 2.05) is 6.92 Å². The Bertz CT molecular complexity index is 2420. The number of halogens is 4. The molecule has 13 nitrogen and oxygen atoms in total. The molecule has 0 saturated carbocycles. The van der Waals surface area contributed by atoms with Gasteiger partial charge in [0.2, 0.25) is 1.43 Å². The fourth-order valence-corrected chi connectivity index (χ4v) is 5.05. The van der Waals surface area contributed by atoms with E-state index >= 15 is 0 Å². The van der Waals surface area contributed by atoms with Crippen molar-refractivity contribution in [3.8, 4) is 0 Å². The molecule has 4 amide bonds. The Labute approximate surface area is 400 Å². The molecule has 0 fully saturated rings. The number of imide groups is 2. The molecule has 20 heteroatoms. The molecule has 0 spiro atoms. The van der Waals surface area contributed by atoms with Crippen molar-refractivity contribution in [3.05, 3.63) is 136 Å². The molecule has 0 aliphatic carbocycles. The second kappa shape index (κ2) is 29.6. The van der Waals surface area contributed by atoms with Crippen LogP contribution >= 0.6 is 35.5 Å². The summed E-state index contributed by atoms with van der Waals surface area (Å²) in [5, 5.41) is 6.47. The standard InChI is InChI=1S/C9H7NO2.C8H5NO2.C8H10O3S.C7H7ClO2S.CH3F.CH5N.CH4O.2ClH.K/c1-10-8(11)6-4-2-3-5-7(6)9(10)12;10-7-5-3-1-2-4-6(5)8(11)9-7;1-7-3-5-8(6-4-7)12(9,10)11-2;1-6-2-4-7(5-3-6)11(8,9)10;3*1-2;;;/h2-5H,1H3;1-4H,(H,9,10,11);3-6H,1-2H3;2-5H,1H3;1H3;2H2,1H3;2H,1H3;2*1H;/q;;;;;;;;;+1/p-1/i1D3;;2D3;;1D;1D3;1D3,2D;;;. The predicted molar refractivity (Wildman–Crippen MR) is 211 cm³/mol. The summed E-state index contributed by atoms with van der Waals surface area (Å²) < 4.78 is 147. The van der Waals surface area contributed by atoms with Gasteiger partial charge in [-0.1, -0.05) is 71.8 Å². The van der Waals surface area contributed by atoms with Gasteiger partial charge in [0.15, 0.2) is 0 Å². The molecule has 3 N–H and O–H groups in total.